The number of unbranched alkanes of at least 4 members (excludes halogenated alkanes) is 1. The van der Waals surface area contributed by atoms with Crippen LogP contribution in [-0.4, -0.2) is 45.4 Å². The Bertz CT molecular complexity index is 2070. The lowest BCUT2D eigenvalue weighted by Gasteiger charge is -2.32. The molecule has 0 radical (unpaired) electrons. The quantitative estimate of drug-likeness (QED) is 0.0911. The lowest BCUT2D eigenvalue weighted by molar-refractivity contribution is -0.129. The Morgan fingerprint density at radius 2 is 1.61 bits per heavy atom. The molecule has 7 rings (SSSR count). The van der Waals surface area contributed by atoms with Crippen LogP contribution in [0.5, 0.6) is 17.2 Å². The second kappa shape index (κ2) is 15.2. The molecule has 8 heteroatoms. The first-order valence-electron chi connectivity index (χ1n) is 17.9. The molecule has 0 amide bonds. The molecular formula is C43H45N3O5. The molecule has 2 unspecified atom stereocenters. The van der Waals surface area contributed by atoms with Crippen LogP contribution in [0.3, 0.4) is 0 Å². The third-order valence-electron chi connectivity index (χ3n) is 10.4. The fraction of sp³-hybridized carbons (Fsp3) is 0.302. The molecule has 8 nitrogen and oxygen atoms in total. The Labute approximate surface area is 298 Å². The molecule has 0 fully saturated rings. The van der Waals surface area contributed by atoms with Crippen molar-refractivity contribution in [2.45, 2.75) is 63.7 Å². The van der Waals surface area contributed by atoms with E-state index in [1.165, 1.54) is 7.11 Å². The number of ether oxygens (including phenoxy) is 1. The number of carbonyl (C=O) groups is 2. The number of aromatic amines is 2. The number of hydrogen-bond donors (Lipinski definition) is 5. The fourth-order valence-corrected chi connectivity index (χ4v) is 7.91. The summed E-state index contributed by atoms with van der Waals surface area (Å²) in [5.74, 6) is 0.988. The number of benzene rings is 3. The molecule has 2 aromatic heterocycles. The third-order valence-corrected chi connectivity index (χ3v) is 10.4. The predicted octanol–water partition coefficient (Wildman–Crippen LogP) is 8.04. The van der Waals surface area contributed by atoms with Crippen molar-refractivity contribution in [1.29, 1.82) is 0 Å². The first-order valence-corrected chi connectivity index (χ1v) is 17.9. The Balaban J connectivity index is 1.20. The average molecular weight is 684 g/mol. The van der Waals surface area contributed by atoms with Crippen LogP contribution in [0.4, 0.5) is 5.82 Å². The fourth-order valence-electron chi connectivity index (χ4n) is 7.91. The molecule has 5 N–H and O–H groups in total. The van der Waals surface area contributed by atoms with E-state index in [-0.39, 0.29) is 41.8 Å². The highest BCUT2D eigenvalue weighted by Gasteiger charge is 2.37. The third kappa shape index (κ3) is 7.80. The molecule has 3 aromatic carbocycles. The number of phenols is 2. The highest BCUT2D eigenvalue weighted by molar-refractivity contribution is 6.02. The van der Waals surface area contributed by atoms with Gasteiger partial charge in [0, 0.05) is 55.4 Å². The molecule has 2 atom stereocenters. The molecule has 4 bridgehead atoms. The van der Waals surface area contributed by atoms with Gasteiger partial charge < -0.3 is 30.2 Å². The highest BCUT2D eigenvalue weighted by Crippen LogP contribution is 2.43. The van der Waals surface area contributed by atoms with E-state index >= 15 is 0 Å². The summed E-state index contributed by atoms with van der Waals surface area (Å²) in [5.41, 5.74) is 9.12. The summed E-state index contributed by atoms with van der Waals surface area (Å²) < 4.78 is 5.53. The molecule has 51 heavy (non-hydrogen) atoms. The van der Waals surface area contributed by atoms with Gasteiger partial charge in [-0.15, -0.1) is 0 Å². The first kappa shape index (κ1) is 34.0. The molecular weight excluding hydrogens is 638 g/mol. The topological polar surface area (TPSA) is 127 Å². The van der Waals surface area contributed by atoms with Gasteiger partial charge in [0.15, 0.2) is 11.5 Å². The highest BCUT2D eigenvalue weighted by atomic mass is 16.5. The summed E-state index contributed by atoms with van der Waals surface area (Å²) in [4.78, 5) is 34.7. The summed E-state index contributed by atoms with van der Waals surface area (Å²) in [5, 5.41) is 24.6. The number of H-pyrrole nitrogens is 2. The maximum atomic E-state index is 14.4. The van der Waals surface area contributed by atoms with Crippen LogP contribution in [0.15, 0.2) is 90.8 Å². The normalized spacial score (nSPS) is 17.9. The largest absolute Gasteiger partial charge is 0.508 e. The number of methoxy groups -OCH3 is 1. The number of phenolic OH excluding ortho intramolecular Hbond substituents is 2. The second-order valence-corrected chi connectivity index (χ2v) is 14.0. The predicted molar refractivity (Wildman–Crippen MR) is 200 cm³/mol. The lowest BCUT2D eigenvalue weighted by Crippen LogP contribution is -2.31. The van der Waals surface area contributed by atoms with Crippen molar-refractivity contribution >= 4 is 23.5 Å². The molecule has 1 aliphatic heterocycles. The maximum Gasteiger partial charge on any atom is 0.161 e. The summed E-state index contributed by atoms with van der Waals surface area (Å²) in [6.45, 7) is 0.460. The number of aromatic hydroxyl groups is 2. The number of Topliss-reactive ketones (excluding diaryl/α,β-unsaturated/α-hetero) is 2. The molecule has 0 spiro atoms. The molecule has 2 aliphatic rings. The van der Waals surface area contributed by atoms with Gasteiger partial charge in [0.05, 0.1) is 13.5 Å². The number of ketones is 2. The first-order chi connectivity index (χ1) is 24.8. The van der Waals surface area contributed by atoms with E-state index < -0.39 is 5.92 Å². The number of fused-ring (bicyclic) bond motifs is 7. The summed E-state index contributed by atoms with van der Waals surface area (Å²) >= 11 is 0. The van der Waals surface area contributed by atoms with Crippen molar-refractivity contribution < 1.29 is 24.5 Å². The number of aryl methyl sites for hydroxylation is 2. The number of nitrogens with one attached hydrogen (secondary N) is 3. The zero-order valence-corrected chi connectivity index (χ0v) is 29.0. The number of rotatable bonds is 6. The number of anilines is 1. The van der Waals surface area contributed by atoms with Gasteiger partial charge in [-0.25, -0.2) is 0 Å². The molecule has 3 heterocycles. The second-order valence-electron chi connectivity index (χ2n) is 14.0. The monoisotopic (exact) mass is 683 g/mol. The van der Waals surface area contributed by atoms with E-state index in [1.807, 2.05) is 36.7 Å². The van der Waals surface area contributed by atoms with Crippen LogP contribution < -0.4 is 10.1 Å². The lowest BCUT2D eigenvalue weighted by atomic mass is 9.71. The van der Waals surface area contributed by atoms with Gasteiger partial charge in [-0.3, -0.25) is 9.59 Å². The van der Waals surface area contributed by atoms with Gasteiger partial charge in [0.25, 0.3) is 0 Å². The van der Waals surface area contributed by atoms with E-state index in [9.17, 15) is 19.8 Å². The maximum absolute atomic E-state index is 14.4. The molecule has 262 valence electrons. The minimum Gasteiger partial charge on any atom is -0.508 e. The number of hydrogen-bond acceptors (Lipinski definition) is 6. The van der Waals surface area contributed by atoms with Gasteiger partial charge in [-0.05, 0) is 107 Å². The molecule has 0 saturated heterocycles. The minimum atomic E-state index is -0.442. The smallest absolute Gasteiger partial charge is 0.161 e. The van der Waals surface area contributed by atoms with Gasteiger partial charge in [-0.1, -0.05) is 48.9 Å². The van der Waals surface area contributed by atoms with Crippen LogP contribution in [0, 0.1) is 5.92 Å². The van der Waals surface area contributed by atoms with Gasteiger partial charge >= 0.3 is 0 Å². The van der Waals surface area contributed by atoms with Gasteiger partial charge in [0.2, 0.25) is 0 Å². The molecule has 1 aliphatic carbocycles. The Kier molecular flexibility index (Phi) is 10.1. The minimum absolute atomic E-state index is 0.0532. The van der Waals surface area contributed by atoms with Crippen LogP contribution in [-0.2, 0) is 35.3 Å². The Hall–Kier alpha value is -5.50. The summed E-state index contributed by atoms with van der Waals surface area (Å²) in [7, 11) is 1.53. The summed E-state index contributed by atoms with van der Waals surface area (Å²) in [6.07, 6.45) is 11.2. The molecule has 0 saturated carbocycles. The van der Waals surface area contributed by atoms with Crippen LogP contribution in [0.2, 0.25) is 0 Å². The van der Waals surface area contributed by atoms with Gasteiger partial charge in [0.1, 0.15) is 23.1 Å². The molecule has 5 aromatic rings. The SMILES string of the molecule is COc1cc2cc(c1O)Cc1cccc(c1)Cc1cc[nH]c1NCC1=Cc3[nH]ccc3C(CCCCc3cccc(O)c3)C1C(=O)CC(=O)CC2. The van der Waals surface area contributed by atoms with Crippen molar-refractivity contribution in [2.75, 3.05) is 19.0 Å². The van der Waals surface area contributed by atoms with Crippen molar-refractivity contribution in [1.82, 2.24) is 9.97 Å². The van der Waals surface area contributed by atoms with Crippen LogP contribution in [0.25, 0.3) is 6.08 Å². The Morgan fingerprint density at radius 3 is 2.43 bits per heavy atom. The number of carbonyl (C=O) groups excluding carboxylic acids is 2. The van der Waals surface area contributed by atoms with Gasteiger partial charge in [-0.2, -0.15) is 0 Å². The van der Waals surface area contributed by atoms with E-state index in [0.717, 1.165) is 81.7 Å². The Morgan fingerprint density at radius 1 is 0.804 bits per heavy atom. The standard InChI is InChI=1S/C43H45N3O5/c1-51-40-23-30-12-13-35(48)25-39(49)41-33(24-38-36(15-17-44-38)37(41)11-3-2-6-27-7-5-10-34(47)22-27)26-46-43-31(14-16-45-43)19-28-8-4-9-29(18-28)20-32(21-30)42(40)50/h4-5,7-10,14-18,21-24,37,41,44-47,50H,2-3,6,11-13,19-20,25-26H2,1H3. The number of aromatic nitrogens is 2. The van der Waals surface area contributed by atoms with Crippen molar-refractivity contribution in [2.24, 2.45) is 5.92 Å². The van der Waals surface area contributed by atoms with Crippen molar-refractivity contribution in [3.05, 3.63) is 135 Å². The van der Waals surface area contributed by atoms with E-state index in [0.29, 0.717) is 31.6 Å². The zero-order chi connectivity index (χ0) is 35.3. The van der Waals surface area contributed by atoms with E-state index in [2.05, 4.69) is 51.7 Å². The van der Waals surface area contributed by atoms with E-state index in [1.54, 1.807) is 18.2 Å². The average Bonchev–Trinajstić information content (AvgIpc) is 3.78. The summed E-state index contributed by atoms with van der Waals surface area (Å²) in [6, 6.07) is 23.7. The zero-order valence-electron chi connectivity index (χ0n) is 29.0. The van der Waals surface area contributed by atoms with Crippen LogP contribution >= 0.6 is 0 Å². The van der Waals surface area contributed by atoms with Crippen molar-refractivity contribution in [3.8, 4) is 17.2 Å². The van der Waals surface area contributed by atoms with Crippen molar-refractivity contribution in [3.63, 3.8) is 0 Å². The van der Waals surface area contributed by atoms with E-state index in [4.69, 9.17) is 4.74 Å². The van der Waals surface area contributed by atoms with Crippen LogP contribution in [0.1, 0.15) is 82.7 Å².